The summed E-state index contributed by atoms with van der Waals surface area (Å²) in [6.07, 6.45) is 11.0. The van der Waals surface area contributed by atoms with Crippen molar-refractivity contribution in [3.05, 3.63) is 71.9 Å². The average molecular weight is 592 g/mol. The number of nitrogens with zero attached hydrogens (tertiary/aromatic N) is 2. The van der Waals surface area contributed by atoms with E-state index in [2.05, 4.69) is 97.0 Å². The lowest BCUT2D eigenvalue weighted by Gasteiger charge is -2.37. The van der Waals surface area contributed by atoms with Crippen molar-refractivity contribution in [3.63, 3.8) is 0 Å². The Bertz CT molecular complexity index is 1590. The maximum Gasteiger partial charge on any atom is 0.303 e. The lowest BCUT2D eigenvalue weighted by Crippen LogP contribution is -2.41. The van der Waals surface area contributed by atoms with Crippen molar-refractivity contribution in [2.24, 2.45) is 11.3 Å². The van der Waals surface area contributed by atoms with Crippen LogP contribution < -0.4 is 4.57 Å². The fourth-order valence-electron chi connectivity index (χ4n) is 7.52. The number of benzene rings is 2. The molecule has 1 aromatic heterocycles. The highest BCUT2D eigenvalue weighted by Crippen LogP contribution is 2.54. The summed E-state index contributed by atoms with van der Waals surface area (Å²) in [6.45, 7) is 8.24. The largest absolute Gasteiger partial charge is 0.481 e. The third kappa shape index (κ3) is 5.84. The lowest BCUT2D eigenvalue weighted by atomic mass is 9.70. The van der Waals surface area contributed by atoms with Crippen LogP contribution in [0.3, 0.4) is 0 Å². The number of para-hydroxylation sites is 2. The molecule has 0 amide bonds. The van der Waals surface area contributed by atoms with E-state index in [1.54, 1.807) is 0 Å². The van der Waals surface area contributed by atoms with Crippen LogP contribution in [0.15, 0.2) is 66.4 Å². The maximum atomic E-state index is 12.0. The van der Waals surface area contributed by atoms with Crippen LogP contribution in [0.5, 0.6) is 0 Å². The number of hydrogen-bond acceptors (Lipinski definition) is 4. The van der Waals surface area contributed by atoms with Gasteiger partial charge in [0.1, 0.15) is 6.54 Å². The average Bonchev–Trinajstić information content (AvgIpc) is 3.17. The molecule has 2 fully saturated rings. The summed E-state index contributed by atoms with van der Waals surface area (Å²) in [7, 11) is -4.04. The van der Waals surface area contributed by atoms with E-state index in [9.17, 15) is 17.8 Å². The molecule has 1 saturated carbocycles. The first-order valence-corrected chi connectivity index (χ1v) is 16.7. The summed E-state index contributed by atoms with van der Waals surface area (Å²) >= 11 is 0. The van der Waals surface area contributed by atoms with E-state index >= 15 is 0 Å². The minimum Gasteiger partial charge on any atom is -0.481 e. The van der Waals surface area contributed by atoms with Crippen LogP contribution in [0.25, 0.3) is 27.9 Å². The van der Waals surface area contributed by atoms with Gasteiger partial charge in [-0.3, -0.25) is 9.35 Å². The smallest absolute Gasteiger partial charge is 0.303 e. The number of aliphatic carboxylic acids is 1. The number of likely N-dealkylation sites (tertiary alicyclic amines) is 1. The molecule has 42 heavy (non-hydrogen) atoms. The molecule has 8 heteroatoms. The summed E-state index contributed by atoms with van der Waals surface area (Å²) in [5.41, 5.74) is 4.45. The van der Waals surface area contributed by atoms with Crippen LogP contribution in [-0.2, 0) is 21.5 Å². The van der Waals surface area contributed by atoms with Gasteiger partial charge in [-0.25, -0.2) is 0 Å². The Morgan fingerprint density at radius 2 is 1.67 bits per heavy atom. The molecule has 3 aromatic rings. The van der Waals surface area contributed by atoms with Crippen molar-refractivity contribution in [3.8, 4) is 0 Å². The molecule has 0 spiro atoms. The quantitative estimate of drug-likeness (QED) is 0.119. The number of carboxylic acid groups (broad SMARTS) is 1. The van der Waals surface area contributed by atoms with E-state index in [1.165, 1.54) is 16.5 Å². The molecular weight excluding hydrogens is 548 g/mol. The molecule has 0 radical (unpaired) electrons. The highest BCUT2D eigenvalue weighted by molar-refractivity contribution is 7.86. The lowest BCUT2D eigenvalue weighted by molar-refractivity contribution is -0.645. The predicted molar refractivity (Wildman–Crippen MR) is 167 cm³/mol. The van der Waals surface area contributed by atoms with Gasteiger partial charge in [-0.1, -0.05) is 50.3 Å². The van der Waals surface area contributed by atoms with Gasteiger partial charge in [0.15, 0.2) is 0 Å². The summed E-state index contributed by atoms with van der Waals surface area (Å²) in [4.78, 5) is 13.4. The Labute approximate surface area is 249 Å². The first-order chi connectivity index (χ1) is 20.0. The molecule has 7 nitrogen and oxygen atoms in total. The number of carbonyl (C=O) groups is 1. The second-order valence-corrected chi connectivity index (χ2v) is 14.0. The second-order valence-electron chi connectivity index (χ2n) is 12.3. The van der Waals surface area contributed by atoms with Gasteiger partial charge in [0.25, 0.3) is 10.1 Å². The van der Waals surface area contributed by atoms with Gasteiger partial charge in [-0.2, -0.15) is 13.0 Å². The summed E-state index contributed by atoms with van der Waals surface area (Å²) < 4.78 is 36.1. The Morgan fingerprint density at radius 3 is 2.26 bits per heavy atom. The third-order valence-electron chi connectivity index (χ3n) is 9.58. The Kier molecular flexibility index (Phi) is 8.76. The number of allylic oxidation sites excluding steroid dienone is 3. The topological polar surface area (TPSA) is 98.8 Å². The van der Waals surface area contributed by atoms with E-state index in [-0.39, 0.29) is 23.8 Å². The van der Waals surface area contributed by atoms with Crippen molar-refractivity contribution < 1.29 is 27.4 Å². The fourth-order valence-corrected chi connectivity index (χ4v) is 8.40. The van der Waals surface area contributed by atoms with Gasteiger partial charge in [-0.05, 0) is 63.2 Å². The molecular formula is C34H43N2O5S+. The van der Waals surface area contributed by atoms with E-state index < -0.39 is 21.3 Å². The molecule has 1 aliphatic carbocycles. The number of pyridine rings is 1. The number of rotatable bonds is 10. The van der Waals surface area contributed by atoms with Gasteiger partial charge in [0.2, 0.25) is 11.0 Å². The minimum absolute atomic E-state index is 0.158. The van der Waals surface area contributed by atoms with Crippen molar-refractivity contribution in [2.45, 2.75) is 83.6 Å². The molecule has 5 rings (SSSR count). The summed E-state index contributed by atoms with van der Waals surface area (Å²) in [5.74, 6) is -0.584. The first-order valence-electron chi connectivity index (χ1n) is 15.2. The maximum absolute atomic E-state index is 12.0. The molecule has 3 unspecified atom stereocenters. The monoisotopic (exact) mass is 591 g/mol. The standard InChI is InChI=1S/C34H42N2O5S/c1-4-35-31-21-20-24(42(39,40)41)23-28(31)34(2,3)32(35)18-12-15-25-26-13-7-9-16-29(26)36(22-11-5-6-19-33(37)38)30-17-10-8-14-27(25)30/h7-10,12-18,24,28,31H,4-6,11,19-23H2,1-3H3,(H-,37,38,39,40,41)/p+1. The summed E-state index contributed by atoms with van der Waals surface area (Å²) in [6, 6.07) is 17.2. The van der Waals surface area contributed by atoms with Crippen LogP contribution in [0.4, 0.5) is 0 Å². The molecule has 2 aliphatic rings. The minimum atomic E-state index is -4.04. The Balaban J connectivity index is 1.50. The van der Waals surface area contributed by atoms with Gasteiger partial charge in [-0.15, -0.1) is 0 Å². The van der Waals surface area contributed by atoms with E-state index in [1.807, 2.05) is 0 Å². The van der Waals surface area contributed by atoms with Crippen molar-refractivity contribution in [1.29, 1.82) is 0 Å². The molecule has 2 heterocycles. The molecule has 1 saturated heterocycles. The normalized spacial score (nSPS) is 23.3. The van der Waals surface area contributed by atoms with E-state index in [0.717, 1.165) is 48.9 Å². The van der Waals surface area contributed by atoms with Crippen molar-refractivity contribution in [2.75, 3.05) is 6.54 Å². The highest BCUT2D eigenvalue weighted by atomic mass is 32.2. The number of aryl methyl sites for hydroxylation is 1. The van der Waals surface area contributed by atoms with Gasteiger partial charge < -0.3 is 10.0 Å². The van der Waals surface area contributed by atoms with E-state index in [0.29, 0.717) is 19.3 Å². The zero-order chi connectivity index (χ0) is 30.1. The Hall–Kier alpha value is -3.23. The molecule has 2 aromatic carbocycles. The number of hydrogen-bond donors (Lipinski definition) is 2. The molecule has 1 aliphatic heterocycles. The highest BCUT2D eigenvalue weighted by Gasteiger charge is 2.53. The molecule has 3 atom stereocenters. The fraction of sp³-hybridized carbons (Fsp3) is 0.471. The first kappa shape index (κ1) is 30.2. The number of unbranched alkanes of at least 4 members (excludes halogenated alkanes) is 2. The SMILES string of the molecule is CCN1/C(=C/C=C/c2c3ccccc3[n+](CCCCCC(=O)O)c3ccccc23)C(C)(C)C2CC(S(=O)(=O)O)CCC21. The van der Waals surface area contributed by atoms with Gasteiger partial charge in [0, 0.05) is 54.2 Å². The number of fused-ring (bicyclic) bond motifs is 3. The third-order valence-corrected chi connectivity index (χ3v) is 10.9. The van der Waals surface area contributed by atoms with E-state index in [4.69, 9.17) is 5.11 Å². The number of carboxylic acids is 1. The molecule has 2 N–H and O–H groups in total. The van der Waals surface area contributed by atoms with Crippen LogP contribution >= 0.6 is 0 Å². The summed E-state index contributed by atoms with van der Waals surface area (Å²) in [5, 5.41) is 10.6. The van der Waals surface area contributed by atoms with Crippen molar-refractivity contribution >= 4 is 44.0 Å². The zero-order valence-electron chi connectivity index (χ0n) is 24.9. The van der Waals surface area contributed by atoms with Crippen LogP contribution in [0, 0.1) is 11.3 Å². The van der Waals surface area contributed by atoms with Crippen LogP contribution in [0.2, 0.25) is 0 Å². The van der Waals surface area contributed by atoms with Gasteiger partial charge in [0.05, 0.1) is 16.0 Å². The second kappa shape index (κ2) is 12.2. The molecule has 0 bridgehead atoms. The number of aromatic nitrogens is 1. The van der Waals surface area contributed by atoms with Crippen molar-refractivity contribution in [1.82, 2.24) is 4.90 Å². The Morgan fingerprint density at radius 1 is 1.02 bits per heavy atom. The molecule has 224 valence electrons. The predicted octanol–water partition coefficient (Wildman–Crippen LogP) is 6.61. The van der Waals surface area contributed by atoms with Gasteiger partial charge >= 0.3 is 5.97 Å². The zero-order valence-corrected chi connectivity index (χ0v) is 25.7. The van der Waals surface area contributed by atoms with Crippen LogP contribution in [0.1, 0.15) is 71.3 Å². The van der Waals surface area contributed by atoms with Crippen LogP contribution in [-0.4, -0.2) is 46.8 Å².